The van der Waals surface area contributed by atoms with Gasteiger partial charge in [-0.25, -0.2) is 26.6 Å². The second-order valence-corrected chi connectivity index (χ2v) is 11.2. The van der Waals surface area contributed by atoms with Crippen molar-refractivity contribution in [2.75, 3.05) is 15.9 Å². The van der Waals surface area contributed by atoms with Gasteiger partial charge < -0.3 is 10.6 Å². The standard InChI is InChI=1S/C25H22ClF3N6O2S/c1-34-23-21(6-4-18(26)22(23)24(32-34)33-38(2,36)37)35-12-14-10-15(27)3-5-20(14)31-25(35)19(30)9-13-7-16(28)11-17(29)8-13/h3-8,10-11,19H,9,12,30H2,1-2H3,(H,32,33). The van der Waals surface area contributed by atoms with Crippen molar-refractivity contribution >= 4 is 55.6 Å². The van der Waals surface area contributed by atoms with Gasteiger partial charge in [-0.05, 0) is 54.4 Å². The lowest BCUT2D eigenvalue weighted by molar-refractivity contribution is 0.578. The summed E-state index contributed by atoms with van der Waals surface area (Å²) in [6.45, 7) is 0.161. The van der Waals surface area contributed by atoms with Crippen molar-refractivity contribution < 1.29 is 21.6 Å². The molecule has 2 heterocycles. The maximum atomic E-state index is 14.1. The van der Waals surface area contributed by atoms with E-state index in [4.69, 9.17) is 22.3 Å². The third kappa shape index (κ3) is 5.06. The summed E-state index contributed by atoms with van der Waals surface area (Å²) >= 11 is 6.47. The fourth-order valence-corrected chi connectivity index (χ4v) is 5.35. The third-order valence-electron chi connectivity index (χ3n) is 6.08. The number of anilines is 2. The molecule has 1 atom stereocenters. The Labute approximate surface area is 221 Å². The van der Waals surface area contributed by atoms with Gasteiger partial charge >= 0.3 is 0 Å². The molecule has 3 aromatic carbocycles. The molecule has 0 saturated heterocycles. The topological polar surface area (TPSA) is 106 Å². The van der Waals surface area contributed by atoms with Crippen LogP contribution in [0.2, 0.25) is 5.02 Å². The summed E-state index contributed by atoms with van der Waals surface area (Å²) in [4.78, 5) is 6.44. The molecule has 13 heteroatoms. The molecule has 1 aliphatic heterocycles. The first-order valence-corrected chi connectivity index (χ1v) is 13.6. The number of rotatable bonds is 6. The fraction of sp³-hybridized carbons (Fsp3) is 0.200. The second kappa shape index (κ2) is 9.61. The Morgan fingerprint density at radius 3 is 2.47 bits per heavy atom. The predicted molar refractivity (Wildman–Crippen MR) is 142 cm³/mol. The van der Waals surface area contributed by atoms with Gasteiger partial charge in [0.05, 0.1) is 46.1 Å². The largest absolute Gasteiger partial charge is 0.322 e. The molecule has 5 rings (SSSR count). The number of aliphatic imine (C=N–C) groups is 1. The van der Waals surface area contributed by atoms with Crippen LogP contribution in [0.3, 0.4) is 0 Å². The highest BCUT2D eigenvalue weighted by molar-refractivity contribution is 7.92. The summed E-state index contributed by atoms with van der Waals surface area (Å²) in [5.74, 6) is -1.50. The van der Waals surface area contributed by atoms with E-state index >= 15 is 0 Å². The van der Waals surface area contributed by atoms with E-state index in [1.54, 1.807) is 24.1 Å². The van der Waals surface area contributed by atoms with Crippen molar-refractivity contribution in [2.45, 2.75) is 19.0 Å². The quantitative estimate of drug-likeness (QED) is 0.356. The number of benzene rings is 3. The van der Waals surface area contributed by atoms with Crippen LogP contribution >= 0.6 is 11.6 Å². The van der Waals surface area contributed by atoms with E-state index in [1.165, 1.54) is 35.0 Å². The van der Waals surface area contributed by atoms with Crippen LogP contribution < -0.4 is 15.4 Å². The molecule has 3 N–H and O–H groups in total. The maximum absolute atomic E-state index is 14.1. The SMILES string of the molecule is Cn1nc(NS(C)(=O)=O)c2c(Cl)ccc(N3Cc4cc(F)ccc4N=C3C(N)Cc3cc(F)cc(F)c3)c21. The molecule has 1 unspecified atom stereocenters. The highest BCUT2D eigenvalue weighted by atomic mass is 35.5. The lowest BCUT2D eigenvalue weighted by Crippen LogP contribution is -2.46. The Morgan fingerprint density at radius 1 is 1.08 bits per heavy atom. The number of amidine groups is 1. The zero-order chi connectivity index (χ0) is 27.4. The van der Waals surface area contributed by atoms with Crippen LogP contribution in [0, 0.1) is 17.5 Å². The van der Waals surface area contributed by atoms with Crippen molar-refractivity contribution in [3.05, 3.63) is 82.1 Å². The highest BCUT2D eigenvalue weighted by Crippen LogP contribution is 2.40. The summed E-state index contributed by atoms with van der Waals surface area (Å²) in [5.41, 5.74) is 8.99. The van der Waals surface area contributed by atoms with Gasteiger partial charge in [-0.1, -0.05) is 11.6 Å². The van der Waals surface area contributed by atoms with Gasteiger partial charge in [-0.3, -0.25) is 9.40 Å². The minimum Gasteiger partial charge on any atom is -0.322 e. The van der Waals surface area contributed by atoms with Crippen molar-refractivity contribution in [1.29, 1.82) is 0 Å². The fourth-order valence-electron chi connectivity index (χ4n) is 4.61. The van der Waals surface area contributed by atoms with E-state index in [0.29, 0.717) is 39.2 Å². The van der Waals surface area contributed by atoms with Crippen LogP contribution in [0.25, 0.3) is 10.9 Å². The lowest BCUT2D eigenvalue weighted by atomic mass is 10.0. The third-order valence-corrected chi connectivity index (χ3v) is 6.96. The average Bonchev–Trinajstić information content (AvgIpc) is 3.12. The molecule has 0 saturated carbocycles. The predicted octanol–water partition coefficient (Wildman–Crippen LogP) is 4.64. The number of aryl methyl sites for hydroxylation is 1. The van der Waals surface area contributed by atoms with Gasteiger partial charge in [-0.2, -0.15) is 5.10 Å². The van der Waals surface area contributed by atoms with E-state index in [-0.39, 0.29) is 23.8 Å². The normalized spacial score (nSPS) is 14.4. The van der Waals surface area contributed by atoms with Crippen LogP contribution in [0.15, 0.2) is 53.5 Å². The summed E-state index contributed by atoms with van der Waals surface area (Å²) in [5, 5.41) is 4.91. The number of hydrogen-bond donors (Lipinski definition) is 2. The number of nitrogens with one attached hydrogen (secondary N) is 1. The number of fused-ring (bicyclic) bond motifs is 2. The number of halogens is 4. The second-order valence-electron chi connectivity index (χ2n) is 9.05. The summed E-state index contributed by atoms with van der Waals surface area (Å²) in [6.07, 6.45) is 1.06. The van der Waals surface area contributed by atoms with E-state index in [1.807, 2.05) is 0 Å². The van der Waals surface area contributed by atoms with Crippen molar-refractivity contribution in [2.24, 2.45) is 17.8 Å². The van der Waals surface area contributed by atoms with Crippen molar-refractivity contribution in [3.8, 4) is 0 Å². The summed E-state index contributed by atoms with van der Waals surface area (Å²) < 4.78 is 69.5. The monoisotopic (exact) mass is 562 g/mol. The van der Waals surface area contributed by atoms with Crippen LogP contribution in [-0.4, -0.2) is 36.3 Å². The Balaban J connectivity index is 1.66. The molecule has 1 aromatic heterocycles. The van der Waals surface area contributed by atoms with Crippen molar-refractivity contribution in [1.82, 2.24) is 9.78 Å². The van der Waals surface area contributed by atoms with Gasteiger partial charge in [0, 0.05) is 18.7 Å². The van der Waals surface area contributed by atoms with Gasteiger partial charge in [0.2, 0.25) is 10.0 Å². The maximum Gasteiger partial charge on any atom is 0.231 e. The van der Waals surface area contributed by atoms with Gasteiger partial charge in [0.25, 0.3) is 0 Å². The molecule has 198 valence electrons. The summed E-state index contributed by atoms with van der Waals surface area (Å²) in [6, 6.07) is 9.82. The molecule has 0 aliphatic carbocycles. The molecule has 38 heavy (non-hydrogen) atoms. The van der Waals surface area contributed by atoms with Gasteiger partial charge in [0.15, 0.2) is 5.82 Å². The number of nitrogens with two attached hydrogens (primary N) is 1. The Hall–Kier alpha value is -3.61. The minimum atomic E-state index is -3.67. The number of sulfonamides is 1. The van der Waals surface area contributed by atoms with Gasteiger partial charge in [-0.15, -0.1) is 0 Å². The first kappa shape index (κ1) is 26.0. The lowest BCUT2D eigenvalue weighted by Gasteiger charge is -2.34. The number of nitrogens with zero attached hydrogens (tertiary/aromatic N) is 4. The van der Waals surface area contributed by atoms with Crippen LogP contribution in [0.1, 0.15) is 11.1 Å². The molecule has 0 radical (unpaired) electrons. The van der Waals surface area contributed by atoms with Crippen LogP contribution in [0.4, 0.5) is 30.4 Å². The van der Waals surface area contributed by atoms with E-state index in [0.717, 1.165) is 12.3 Å². The average molecular weight is 563 g/mol. The highest BCUT2D eigenvalue weighted by Gasteiger charge is 2.30. The molecular formula is C25H22ClF3N6O2S. The van der Waals surface area contributed by atoms with E-state index in [9.17, 15) is 21.6 Å². The molecule has 4 aromatic rings. The Bertz CT molecular complexity index is 1700. The molecule has 0 amide bonds. The Morgan fingerprint density at radius 2 is 1.79 bits per heavy atom. The smallest absolute Gasteiger partial charge is 0.231 e. The van der Waals surface area contributed by atoms with Crippen LogP contribution in [-0.2, 0) is 30.0 Å². The molecule has 8 nitrogen and oxygen atoms in total. The molecular weight excluding hydrogens is 541 g/mol. The number of aromatic nitrogens is 2. The van der Waals surface area contributed by atoms with Crippen LogP contribution in [0.5, 0.6) is 0 Å². The van der Waals surface area contributed by atoms with E-state index in [2.05, 4.69) is 9.82 Å². The van der Waals surface area contributed by atoms with Crippen molar-refractivity contribution in [3.63, 3.8) is 0 Å². The first-order chi connectivity index (χ1) is 17.9. The zero-order valence-corrected chi connectivity index (χ0v) is 21.8. The Kier molecular flexibility index (Phi) is 6.58. The molecule has 1 aliphatic rings. The number of hydrogen-bond acceptors (Lipinski definition) is 6. The molecule has 0 spiro atoms. The zero-order valence-electron chi connectivity index (χ0n) is 20.2. The van der Waals surface area contributed by atoms with Gasteiger partial charge in [0.1, 0.15) is 23.3 Å². The molecule has 0 bridgehead atoms. The van der Waals surface area contributed by atoms with E-state index < -0.39 is 33.5 Å². The minimum absolute atomic E-state index is 0.0401. The summed E-state index contributed by atoms with van der Waals surface area (Å²) in [7, 11) is -2.04. The molecule has 0 fully saturated rings. The first-order valence-electron chi connectivity index (χ1n) is 11.4.